The summed E-state index contributed by atoms with van der Waals surface area (Å²) in [6.45, 7) is 2.65. The van der Waals surface area contributed by atoms with Crippen molar-refractivity contribution in [1.29, 1.82) is 0 Å². The molecular formula is C30H43N5O11. The fourth-order valence-corrected chi connectivity index (χ4v) is 5.27. The first-order valence-corrected chi connectivity index (χ1v) is 15.1. The molecule has 46 heavy (non-hydrogen) atoms. The number of hydrogen-bond donors (Lipinski definition) is 7. The molecule has 16 heteroatoms. The zero-order valence-electron chi connectivity index (χ0n) is 25.7. The number of nitrogens with one attached hydrogen (secondary N) is 1. The van der Waals surface area contributed by atoms with E-state index >= 15 is 0 Å². The van der Waals surface area contributed by atoms with E-state index in [2.05, 4.69) is 27.5 Å². The van der Waals surface area contributed by atoms with Crippen molar-refractivity contribution in [2.45, 2.75) is 94.8 Å². The van der Waals surface area contributed by atoms with Gasteiger partial charge >= 0.3 is 0 Å². The molecule has 254 valence electrons. The fraction of sp³-hybridized carbons (Fsp3) is 0.633. The van der Waals surface area contributed by atoms with E-state index in [1.807, 2.05) is 31.2 Å². The second-order valence-corrected chi connectivity index (χ2v) is 11.0. The molecule has 8 N–H and O–H groups in total. The molecule has 1 aromatic carbocycles. The Balaban J connectivity index is 1.44. The van der Waals surface area contributed by atoms with Crippen molar-refractivity contribution in [2.24, 2.45) is 5.73 Å². The molecule has 0 saturated carbocycles. The lowest BCUT2D eigenvalue weighted by Gasteiger charge is -2.47. The summed E-state index contributed by atoms with van der Waals surface area (Å²) in [5.41, 5.74) is 7.60. The van der Waals surface area contributed by atoms with Crippen molar-refractivity contribution in [2.75, 3.05) is 26.4 Å². The van der Waals surface area contributed by atoms with Crippen molar-refractivity contribution in [3.63, 3.8) is 0 Å². The number of aliphatic hydroxyl groups is 5. The average Bonchev–Trinajstić information content (AvgIpc) is 3.49. The maximum absolute atomic E-state index is 11.9. The SMILES string of the molecule is CCCO[C@@H]1O[C@H](CO)[C@@H](O[C@@H]2O[C@H](CO)[C@H](O)[C@H](OCc3cn(Cc4cccc(C#CCN)c4)nn3)[C@H]2O)[C@H](O)[C@H]1NC(C)=O. The molecule has 2 aliphatic rings. The Morgan fingerprint density at radius 3 is 2.52 bits per heavy atom. The van der Waals surface area contributed by atoms with Crippen molar-refractivity contribution in [3.8, 4) is 11.8 Å². The summed E-state index contributed by atoms with van der Waals surface area (Å²) in [6, 6.07) is 6.51. The molecule has 0 unspecified atom stereocenters. The predicted octanol–water partition coefficient (Wildman–Crippen LogP) is -2.64. The summed E-state index contributed by atoms with van der Waals surface area (Å²) < 4.78 is 30.5. The zero-order chi connectivity index (χ0) is 33.2. The zero-order valence-corrected chi connectivity index (χ0v) is 25.7. The molecule has 2 aliphatic heterocycles. The third kappa shape index (κ3) is 9.06. The van der Waals surface area contributed by atoms with Crippen LogP contribution in [0.2, 0.25) is 0 Å². The van der Waals surface area contributed by atoms with E-state index in [1.165, 1.54) is 6.92 Å². The number of benzene rings is 1. The van der Waals surface area contributed by atoms with Crippen molar-refractivity contribution < 1.29 is 54.0 Å². The molecule has 0 radical (unpaired) electrons. The second-order valence-electron chi connectivity index (χ2n) is 11.0. The molecule has 1 aromatic heterocycles. The van der Waals surface area contributed by atoms with Crippen LogP contribution >= 0.6 is 0 Å². The lowest BCUT2D eigenvalue weighted by molar-refractivity contribution is -0.352. The van der Waals surface area contributed by atoms with E-state index in [4.69, 9.17) is 29.4 Å². The van der Waals surface area contributed by atoms with Crippen LogP contribution in [0, 0.1) is 11.8 Å². The van der Waals surface area contributed by atoms with Crippen molar-refractivity contribution in [1.82, 2.24) is 20.3 Å². The van der Waals surface area contributed by atoms with Crippen LogP contribution < -0.4 is 11.1 Å². The number of ether oxygens (including phenoxy) is 5. The van der Waals surface area contributed by atoms with Gasteiger partial charge in [0.05, 0.1) is 39.1 Å². The van der Waals surface area contributed by atoms with E-state index in [9.17, 15) is 30.3 Å². The highest BCUT2D eigenvalue weighted by atomic mass is 16.7. The van der Waals surface area contributed by atoms with Gasteiger partial charge in [0, 0.05) is 19.1 Å². The van der Waals surface area contributed by atoms with Crippen LogP contribution in [-0.2, 0) is 41.6 Å². The lowest BCUT2D eigenvalue weighted by Crippen LogP contribution is -2.67. The van der Waals surface area contributed by atoms with Gasteiger partial charge in [-0.1, -0.05) is 36.1 Å². The number of aliphatic hydroxyl groups excluding tert-OH is 5. The lowest BCUT2D eigenvalue weighted by atomic mass is 9.95. The van der Waals surface area contributed by atoms with E-state index in [-0.39, 0.29) is 19.8 Å². The molecule has 2 aromatic rings. The largest absolute Gasteiger partial charge is 0.394 e. The normalized spacial score (nSPS) is 31.2. The number of carbonyl (C=O) groups is 1. The number of aromatic nitrogens is 3. The number of rotatable bonds is 13. The Labute approximate surface area is 266 Å². The van der Waals surface area contributed by atoms with Crippen LogP contribution in [0.15, 0.2) is 30.5 Å². The smallest absolute Gasteiger partial charge is 0.217 e. The van der Waals surface area contributed by atoms with Gasteiger partial charge in [0.2, 0.25) is 5.91 Å². The fourth-order valence-electron chi connectivity index (χ4n) is 5.27. The summed E-state index contributed by atoms with van der Waals surface area (Å²) in [6.07, 6.45) is -9.91. The number of nitrogens with two attached hydrogens (primary N) is 1. The first kappa shape index (κ1) is 35.8. The van der Waals surface area contributed by atoms with Gasteiger partial charge in [-0.2, -0.15) is 0 Å². The molecule has 2 saturated heterocycles. The first-order chi connectivity index (χ1) is 22.2. The quantitative estimate of drug-likeness (QED) is 0.110. The summed E-state index contributed by atoms with van der Waals surface area (Å²) in [5.74, 6) is 5.33. The molecule has 3 heterocycles. The number of nitrogens with zero attached hydrogens (tertiary/aromatic N) is 3. The number of amides is 1. The van der Waals surface area contributed by atoms with Gasteiger partial charge in [-0.15, -0.1) is 5.10 Å². The van der Waals surface area contributed by atoms with Crippen molar-refractivity contribution in [3.05, 3.63) is 47.3 Å². The van der Waals surface area contributed by atoms with E-state index < -0.39 is 80.5 Å². The molecule has 1 amide bonds. The summed E-state index contributed by atoms with van der Waals surface area (Å²) in [7, 11) is 0. The molecular weight excluding hydrogens is 606 g/mol. The van der Waals surface area contributed by atoms with Crippen LogP contribution in [0.1, 0.15) is 37.1 Å². The van der Waals surface area contributed by atoms with Gasteiger partial charge < -0.3 is 60.3 Å². The third-order valence-electron chi connectivity index (χ3n) is 7.44. The highest BCUT2D eigenvalue weighted by Gasteiger charge is 2.52. The minimum absolute atomic E-state index is 0.166. The third-order valence-corrected chi connectivity index (χ3v) is 7.44. The minimum Gasteiger partial charge on any atom is -0.394 e. The molecule has 10 atom stereocenters. The van der Waals surface area contributed by atoms with Gasteiger partial charge in [0.15, 0.2) is 12.6 Å². The minimum atomic E-state index is -1.62. The van der Waals surface area contributed by atoms with Crippen LogP contribution in [0.5, 0.6) is 0 Å². The molecule has 0 aliphatic carbocycles. The molecule has 0 spiro atoms. The maximum Gasteiger partial charge on any atom is 0.217 e. The molecule has 2 fully saturated rings. The van der Waals surface area contributed by atoms with Gasteiger partial charge in [-0.05, 0) is 24.1 Å². The van der Waals surface area contributed by atoms with Crippen LogP contribution in [-0.4, -0.2) is 134 Å². The van der Waals surface area contributed by atoms with Crippen LogP contribution in [0.4, 0.5) is 0 Å². The monoisotopic (exact) mass is 649 g/mol. The summed E-state index contributed by atoms with van der Waals surface area (Å²) in [5, 5.41) is 64.0. The van der Waals surface area contributed by atoms with E-state index in [0.717, 1.165) is 11.1 Å². The Morgan fingerprint density at radius 2 is 1.83 bits per heavy atom. The van der Waals surface area contributed by atoms with Gasteiger partial charge in [-0.3, -0.25) is 4.79 Å². The maximum atomic E-state index is 11.9. The van der Waals surface area contributed by atoms with Crippen LogP contribution in [0.3, 0.4) is 0 Å². The highest BCUT2D eigenvalue weighted by Crippen LogP contribution is 2.31. The Hall–Kier alpha value is -3.05. The molecule has 16 nitrogen and oxygen atoms in total. The highest BCUT2D eigenvalue weighted by molar-refractivity contribution is 5.73. The first-order valence-electron chi connectivity index (χ1n) is 15.1. The Morgan fingerprint density at radius 1 is 1.07 bits per heavy atom. The van der Waals surface area contributed by atoms with E-state index in [1.54, 1.807) is 10.9 Å². The average molecular weight is 650 g/mol. The van der Waals surface area contributed by atoms with Crippen molar-refractivity contribution >= 4 is 5.91 Å². The second kappa shape index (κ2) is 17.2. The summed E-state index contributed by atoms with van der Waals surface area (Å²) >= 11 is 0. The predicted molar refractivity (Wildman–Crippen MR) is 158 cm³/mol. The van der Waals surface area contributed by atoms with E-state index in [0.29, 0.717) is 18.7 Å². The topological polar surface area (TPSA) is 233 Å². The Kier molecular flexibility index (Phi) is 13.4. The molecule has 4 rings (SSSR count). The Bertz CT molecular complexity index is 1320. The number of carbonyl (C=O) groups excluding carboxylic acids is 1. The summed E-state index contributed by atoms with van der Waals surface area (Å²) in [4.78, 5) is 11.9. The van der Waals surface area contributed by atoms with Crippen LogP contribution in [0.25, 0.3) is 0 Å². The van der Waals surface area contributed by atoms with Gasteiger partial charge in [0.1, 0.15) is 54.5 Å². The van der Waals surface area contributed by atoms with Gasteiger partial charge in [-0.25, -0.2) is 4.68 Å². The van der Waals surface area contributed by atoms with Gasteiger partial charge in [0.25, 0.3) is 0 Å². The standard InChI is InChI=1S/C30H43N5O11/c1-3-10-42-29-23(32-17(2)38)25(40)27(22(15-37)45-29)46-30-26(41)28(24(39)21(14-36)44-30)43-16-20-13-35(34-33-20)12-19-7-4-6-18(11-19)8-5-9-31/h4,6-7,11,13,21-30,36-37,39-41H,3,9-10,12,14-16,31H2,1-2H3,(H,32,38)/t21-,22-,23-,24+,25-,26-,27-,28+,29-,30+/m1/s1. The number of hydrogen-bond acceptors (Lipinski definition) is 14. The molecule has 0 bridgehead atoms.